The molecule has 0 heterocycles. The summed E-state index contributed by atoms with van der Waals surface area (Å²) in [5.41, 5.74) is 4.03. The Bertz CT molecular complexity index is 503. The molecule has 0 spiro atoms. The number of nitrogens with two attached hydrogens (primary N) is 1. The molecule has 0 fully saturated rings. The second-order valence-electron chi connectivity index (χ2n) is 4.12. The van der Waals surface area contributed by atoms with Crippen LogP contribution in [0.25, 0.3) is 0 Å². The number of halogens is 3. The van der Waals surface area contributed by atoms with E-state index in [0.717, 1.165) is 18.2 Å². The van der Waals surface area contributed by atoms with Gasteiger partial charge in [-0.05, 0) is 24.6 Å². The van der Waals surface area contributed by atoms with Crippen LogP contribution in [0.15, 0.2) is 24.3 Å². The van der Waals surface area contributed by atoms with Gasteiger partial charge in [-0.3, -0.25) is 4.79 Å². The number of hydrogen-bond acceptors (Lipinski definition) is 3. The number of amides is 1. The van der Waals surface area contributed by atoms with Gasteiger partial charge in [-0.15, -0.1) is 0 Å². The van der Waals surface area contributed by atoms with Gasteiger partial charge in [-0.2, -0.15) is 13.2 Å². The first kappa shape index (κ1) is 15.8. The van der Waals surface area contributed by atoms with Crippen LogP contribution in [-0.4, -0.2) is 23.0 Å². The van der Waals surface area contributed by atoms with E-state index in [4.69, 9.17) is 10.8 Å². The number of alkyl halides is 3. The Morgan fingerprint density at radius 3 is 2.50 bits per heavy atom. The number of rotatable bonds is 6. The Hall–Kier alpha value is -2.25. The minimum Gasteiger partial charge on any atom is -0.480 e. The fraction of sp³-hybridized carbons (Fsp3) is 0.333. The molecule has 5 nitrogen and oxygen atoms in total. The van der Waals surface area contributed by atoms with E-state index < -0.39 is 29.7 Å². The van der Waals surface area contributed by atoms with Crippen molar-refractivity contribution in [3.63, 3.8) is 0 Å². The van der Waals surface area contributed by atoms with Crippen LogP contribution >= 0.6 is 0 Å². The third-order valence-electron chi connectivity index (χ3n) is 2.51. The minimum atomic E-state index is -4.51. The first-order valence-electron chi connectivity index (χ1n) is 5.65. The number of benzene rings is 1. The van der Waals surface area contributed by atoms with Gasteiger partial charge >= 0.3 is 12.1 Å². The molecule has 0 aliphatic rings. The van der Waals surface area contributed by atoms with E-state index in [1.54, 1.807) is 0 Å². The van der Waals surface area contributed by atoms with Crippen molar-refractivity contribution in [1.82, 2.24) is 0 Å². The fourth-order valence-corrected chi connectivity index (χ4v) is 1.53. The van der Waals surface area contributed by atoms with E-state index in [9.17, 15) is 22.8 Å². The molecule has 1 amide bonds. The number of hydrogen-bond donors (Lipinski definition) is 3. The molecular formula is C12H13F3N2O3. The molecule has 0 bridgehead atoms. The van der Waals surface area contributed by atoms with Gasteiger partial charge in [0.25, 0.3) is 0 Å². The summed E-state index contributed by atoms with van der Waals surface area (Å²) in [5, 5.41) is 11.4. The van der Waals surface area contributed by atoms with Crippen LogP contribution in [0.1, 0.15) is 18.4 Å². The predicted octanol–water partition coefficient (Wildman–Crippen LogP) is 1.84. The van der Waals surface area contributed by atoms with E-state index >= 15 is 0 Å². The van der Waals surface area contributed by atoms with Crippen LogP contribution in [0, 0.1) is 0 Å². The average Bonchev–Trinajstić information content (AvgIpc) is 2.33. The van der Waals surface area contributed by atoms with Gasteiger partial charge in [-0.1, -0.05) is 6.07 Å². The third-order valence-corrected chi connectivity index (χ3v) is 2.51. The number of aliphatic carboxylic acids is 1. The Balaban J connectivity index is 2.83. The highest BCUT2D eigenvalue weighted by Gasteiger charge is 2.30. The molecule has 1 aromatic carbocycles. The van der Waals surface area contributed by atoms with Gasteiger partial charge in [0.15, 0.2) is 0 Å². The largest absolute Gasteiger partial charge is 0.480 e. The Morgan fingerprint density at radius 1 is 1.35 bits per heavy atom. The molecule has 1 atom stereocenters. The maximum Gasteiger partial charge on any atom is 0.416 e. The molecule has 20 heavy (non-hydrogen) atoms. The Labute approximate surface area is 112 Å². The first-order valence-corrected chi connectivity index (χ1v) is 5.65. The maximum atomic E-state index is 12.5. The van der Waals surface area contributed by atoms with Crippen LogP contribution in [0.5, 0.6) is 0 Å². The average molecular weight is 290 g/mol. The van der Waals surface area contributed by atoms with Crippen molar-refractivity contribution in [2.75, 3.05) is 5.32 Å². The number of carbonyl (C=O) groups excluding carboxylic acids is 1. The van der Waals surface area contributed by atoms with Gasteiger partial charge < -0.3 is 16.2 Å². The van der Waals surface area contributed by atoms with Gasteiger partial charge in [0.05, 0.1) is 5.56 Å². The summed E-state index contributed by atoms with van der Waals surface area (Å²) in [6.07, 6.45) is -4.80. The lowest BCUT2D eigenvalue weighted by Crippen LogP contribution is -2.30. The number of carboxylic acid groups (broad SMARTS) is 1. The standard InChI is InChI=1S/C12H13F3N2O3/c13-12(14,15)7-2-1-3-8(6-7)17-9(11(19)20)4-5-10(16)18/h1-3,6,9,17H,4-5H2,(H2,16,18)(H,19,20)/t9-/m0/s1. The summed E-state index contributed by atoms with van der Waals surface area (Å²) in [6.45, 7) is 0. The van der Waals surface area contributed by atoms with Crippen molar-refractivity contribution in [2.24, 2.45) is 5.73 Å². The number of primary amides is 1. The van der Waals surface area contributed by atoms with Crippen molar-refractivity contribution in [1.29, 1.82) is 0 Å². The molecule has 0 aliphatic carbocycles. The molecule has 4 N–H and O–H groups in total. The Morgan fingerprint density at radius 2 is 2.00 bits per heavy atom. The summed E-state index contributed by atoms with van der Waals surface area (Å²) in [5.74, 6) is -1.95. The maximum absolute atomic E-state index is 12.5. The van der Waals surface area contributed by atoms with E-state index in [2.05, 4.69) is 5.32 Å². The van der Waals surface area contributed by atoms with Crippen molar-refractivity contribution >= 4 is 17.6 Å². The molecule has 0 saturated heterocycles. The summed E-state index contributed by atoms with van der Waals surface area (Å²) in [7, 11) is 0. The van der Waals surface area contributed by atoms with Gasteiger partial charge in [-0.25, -0.2) is 4.79 Å². The quantitative estimate of drug-likeness (QED) is 0.745. The highest BCUT2D eigenvalue weighted by atomic mass is 19.4. The topological polar surface area (TPSA) is 92.4 Å². The number of carbonyl (C=O) groups is 2. The van der Waals surface area contributed by atoms with Crippen molar-refractivity contribution in [2.45, 2.75) is 25.1 Å². The highest BCUT2D eigenvalue weighted by Crippen LogP contribution is 2.30. The van der Waals surface area contributed by atoms with E-state index in [1.165, 1.54) is 6.07 Å². The summed E-state index contributed by atoms with van der Waals surface area (Å²) in [4.78, 5) is 21.6. The molecule has 0 saturated carbocycles. The Kier molecular flexibility index (Phi) is 4.95. The lowest BCUT2D eigenvalue weighted by Gasteiger charge is -2.16. The fourth-order valence-electron chi connectivity index (χ4n) is 1.53. The van der Waals surface area contributed by atoms with E-state index in [-0.39, 0.29) is 18.5 Å². The molecule has 0 unspecified atom stereocenters. The van der Waals surface area contributed by atoms with E-state index in [0.29, 0.717) is 0 Å². The normalized spacial score (nSPS) is 12.8. The number of nitrogens with one attached hydrogen (secondary N) is 1. The van der Waals surface area contributed by atoms with Crippen LogP contribution in [0.3, 0.4) is 0 Å². The summed E-state index contributed by atoms with van der Waals surface area (Å²) < 4.78 is 37.5. The second kappa shape index (κ2) is 6.27. The molecule has 1 aromatic rings. The van der Waals surface area contributed by atoms with E-state index in [1.807, 2.05) is 0 Å². The smallest absolute Gasteiger partial charge is 0.416 e. The molecule has 8 heteroatoms. The minimum absolute atomic E-state index is 0.0108. The van der Waals surface area contributed by atoms with Crippen LogP contribution in [-0.2, 0) is 15.8 Å². The predicted molar refractivity (Wildman–Crippen MR) is 64.9 cm³/mol. The molecule has 1 rings (SSSR count). The van der Waals surface area contributed by atoms with Gasteiger partial charge in [0.2, 0.25) is 5.91 Å². The van der Waals surface area contributed by atoms with Crippen molar-refractivity contribution < 1.29 is 27.9 Å². The summed E-state index contributed by atoms with van der Waals surface area (Å²) in [6, 6.07) is 2.98. The van der Waals surface area contributed by atoms with Crippen LogP contribution in [0.4, 0.5) is 18.9 Å². The lowest BCUT2D eigenvalue weighted by atomic mass is 10.1. The number of carboxylic acids is 1. The highest BCUT2D eigenvalue weighted by molar-refractivity contribution is 5.79. The van der Waals surface area contributed by atoms with Crippen LogP contribution in [0.2, 0.25) is 0 Å². The zero-order valence-electron chi connectivity index (χ0n) is 10.3. The zero-order chi connectivity index (χ0) is 15.3. The van der Waals surface area contributed by atoms with Crippen LogP contribution < -0.4 is 11.1 Å². The SMILES string of the molecule is NC(=O)CC[C@H](Nc1cccc(C(F)(F)F)c1)C(=O)O. The molecule has 110 valence electrons. The van der Waals surface area contributed by atoms with Gasteiger partial charge in [0.1, 0.15) is 6.04 Å². The monoisotopic (exact) mass is 290 g/mol. The number of anilines is 1. The molecule has 0 aliphatic heterocycles. The molecule has 0 radical (unpaired) electrons. The summed E-state index contributed by atoms with van der Waals surface area (Å²) >= 11 is 0. The zero-order valence-corrected chi connectivity index (χ0v) is 10.3. The lowest BCUT2D eigenvalue weighted by molar-refractivity contribution is -0.138. The van der Waals surface area contributed by atoms with Crippen molar-refractivity contribution in [3.05, 3.63) is 29.8 Å². The van der Waals surface area contributed by atoms with Gasteiger partial charge in [0, 0.05) is 12.1 Å². The first-order chi connectivity index (χ1) is 9.20. The van der Waals surface area contributed by atoms with Crippen molar-refractivity contribution in [3.8, 4) is 0 Å². The third kappa shape index (κ3) is 4.79. The second-order valence-corrected chi connectivity index (χ2v) is 4.12. The molecular weight excluding hydrogens is 277 g/mol. The molecule has 0 aromatic heterocycles.